The fraction of sp³-hybridized carbons (Fsp3) is 0.533. The maximum Gasteiger partial charge on any atom is 0.304 e. The molecule has 0 unspecified atom stereocenters. The van der Waals surface area contributed by atoms with E-state index in [9.17, 15) is 4.79 Å². The molecule has 102 valence electrons. The average Bonchev–Trinajstić information content (AvgIpc) is 2.93. The molecule has 1 aliphatic heterocycles. The van der Waals surface area contributed by atoms with E-state index in [4.69, 9.17) is 5.11 Å². The average molecular weight is 324 g/mol. The fourth-order valence-corrected chi connectivity index (χ4v) is 3.69. The maximum atomic E-state index is 11.0. The summed E-state index contributed by atoms with van der Waals surface area (Å²) < 4.78 is 1.10. The van der Waals surface area contributed by atoms with E-state index in [1.165, 1.54) is 24.1 Å². The third-order valence-electron chi connectivity index (χ3n) is 4.35. The first-order chi connectivity index (χ1) is 9.11. The minimum absolute atomic E-state index is 0.0993. The lowest BCUT2D eigenvalue weighted by Gasteiger charge is -2.21. The summed E-state index contributed by atoms with van der Waals surface area (Å²) in [5.41, 5.74) is 2.31. The number of rotatable bonds is 4. The monoisotopic (exact) mass is 323 g/mol. The van der Waals surface area contributed by atoms with Crippen molar-refractivity contribution in [3.8, 4) is 0 Å². The number of hydrogen-bond acceptors (Lipinski definition) is 2. The van der Waals surface area contributed by atoms with Crippen molar-refractivity contribution in [1.29, 1.82) is 0 Å². The second-order valence-electron chi connectivity index (χ2n) is 5.71. The highest BCUT2D eigenvalue weighted by Crippen LogP contribution is 2.52. The van der Waals surface area contributed by atoms with Gasteiger partial charge in [-0.2, -0.15) is 0 Å². The Morgan fingerprint density at radius 1 is 1.32 bits per heavy atom. The van der Waals surface area contributed by atoms with E-state index in [1.807, 2.05) is 0 Å². The zero-order chi connectivity index (χ0) is 13.5. The van der Waals surface area contributed by atoms with Gasteiger partial charge >= 0.3 is 5.97 Å². The quantitative estimate of drug-likeness (QED) is 0.921. The van der Waals surface area contributed by atoms with Gasteiger partial charge < -0.3 is 10.0 Å². The van der Waals surface area contributed by atoms with Crippen molar-refractivity contribution in [3.63, 3.8) is 0 Å². The first kappa shape index (κ1) is 13.0. The highest BCUT2D eigenvalue weighted by Gasteiger charge is 2.46. The van der Waals surface area contributed by atoms with Gasteiger partial charge in [0.25, 0.3) is 0 Å². The van der Waals surface area contributed by atoms with Crippen LogP contribution >= 0.6 is 15.9 Å². The van der Waals surface area contributed by atoms with E-state index in [0.717, 1.165) is 30.4 Å². The van der Waals surface area contributed by atoms with E-state index < -0.39 is 5.97 Å². The lowest BCUT2D eigenvalue weighted by atomic mass is 9.92. The second-order valence-corrected chi connectivity index (χ2v) is 6.57. The van der Waals surface area contributed by atoms with Crippen LogP contribution in [0.3, 0.4) is 0 Å². The van der Waals surface area contributed by atoms with Crippen LogP contribution in [0.5, 0.6) is 0 Å². The molecule has 1 aromatic rings. The number of halogens is 1. The zero-order valence-corrected chi connectivity index (χ0v) is 12.4. The summed E-state index contributed by atoms with van der Waals surface area (Å²) in [7, 11) is 0. The van der Waals surface area contributed by atoms with Gasteiger partial charge in [0, 0.05) is 23.0 Å². The first-order valence-corrected chi connectivity index (χ1v) is 7.67. The fourth-order valence-electron chi connectivity index (χ4n) is 3.06. The van der Waals surface area contributed by atoms with Crippen LogP contribution in [0.2, 0.25) is 0 Å². The lowest BCUT2D eigenvalue weighted by Crippen LogP contribution is -2.19. The van der Waals surface area contributed by atoms with Gasteiger partial charge in [-0.25, -0.2) is 0 Å². The van der Waals surface area contributed by atoms with E-state index in [-0.39, 0.29) is 11.8 Å². The number of carboxylic acids is 1. The maximum absolute atomic E-state index is 11.0. The predicted octanol–water partition coefficient (Wildman–Crippen LogP) is 3.56. The van der Waals surface area contributed by atoms with Crippen molar-refractivity contribution in [3.05, 3.63) is 28.2 Å². The Hall–Kier alpha value is -1.03. The van der Waals surface area contributed by atoms with Crippen LogP contribution in [0.1, 0.15) is 37.7 Å². The summed E-state index contributed by atoms with van der Waals surface area (Å²) in [5, 5.41) is 9.03. The number of nitrogens with zero attached hydrogens (tertiary/aromatic N) is 1. The Morgan fingerprint density at radius 3 is 2.53 bits per heavy atom. The molecule has 1 aromatic carbocycles. The van der Waals surface area contributed by atoms with Crippen LogP contribution in [-0.2, 0) is 10.2 Å². The Morgan fingerprint density at radius 2 is 2.00 bits per heavy atom. The predicted molar refractivity (Wildman–Crippen MR) is 78.8 cm³/mol. The standard InChI is InChI=1S/C15H18BrNO2/c16-12-9-11(15(5-6-15)10-14(18)19)3-4-13(12)17-7-1-2-8-17/h3-4,9H,1-2,5-8,10H2,(H,18,19). The van der Waals surface area contributed by atoms with Crippen LogP contribution in [0.15, 0.2) is 22.7 Å². The molecule has 0 radical (unpaired) electrons. The molecule has 0 aromatic heterocycles. The van der Waals surface area contributed by atoms with Crippen LogP contribution in [-0.4, -0.2) is 24.2 Å². The van der Waals surface area contributed by atoms with Gasteiger partial charge in [0.05, 0.1) is 12.1 Å². The summed E-state index contributed by atoms with van der Waals surface area (Å²) in [4.78, 5) is 13.4. The van der Waals surface area contributed by atoms with E-state index in [1.54, 1.807) is 0 Å². The molecule has 1 aliphatic carbocycles. The largest absolute Gasteiger partial charge is 0.481 e. The van der Waals surface area contributed by atoms with Gasteiger partial charge in [-0.05, 0) is 59.3 Å². The van der Waals surface area contributed by atoms with Gasteiger partial charge in [-0.1, -0.05) is 6.07 Å². The van der Waals surface area contributed by atoms with Crippen molar-refractivity contribution in [2.45, 2.75) is 37.5 Å². The topological polar surface area (TPSA) is 40.5 Å². The molecule has 3 rings (SSSR count). The molecule has 2 aliphatic rings. The molecule has 3 nitrogen and oxygen atoms in total. The third kappa shape index (κ3) is 2.50. The highest BCUT2D eigenvalue weighted by molar-refractivity contribution is 9.10. The van der Waals surface area contributed by atoms with Crippen LogP contribution in [0.25, 0.3) is 0 Å². The first-order valence-electron chi connectivity index (χ1n) is 6.88. The Kier molecular flexibility index (Phi) is 3.29. The number of hydrogen-bond donors (Lipinski definition) is 1. The molecular weight excluding hydrogens is 306 g/mol. The smallest absolute Gasteiger partial charge is 0.304 e. The summed E-state index contributed by atoms with van der Waals surface area (Å²) >= 11 is 3.65. The molecule has 1 saturated carbocycles. The van der Waals surface area contributed by atoms with Gasteiger partial charge in [0.2, 0.25) is 0 Å². The summed E-state index contributed by atoms with van der Waals surface area (Å²) in [6.07, 6.45) is 4.76. The van der Waals surface area contributed by atoms with Crippen molar-refractivity contribution < 1.29 is 9.90 Å². The molecule has 2 fully saturated rings. The molecule has 0 spiro atoms. The number of benzene rings is 1. The number of aliphatic carboxylic acids is 1. The van der Waals surface area contributed by atoms with Crippen molar-refractivity contribution >= 4 is 27.6 Å². The van der Waals surface area contributed by atoms with Gasteiger partial charge in [0.15, 0.2) is 0 Å². The lowest BCUT2D eigenvalue weighted by molar-refractivity contribution is -0.137. The van der Waals surface area contributed by atoms with E-state index in [2.05, 4.69) is 39.0 Å². The Balaban J connectivity index is 1.85. The molecular formula is C15H18BrNO2. The molecule has 4 heteroatoms. The van der Waals surface area contributed by atoms with Gasteiger partial charge in [0.1, 0.15) is 0 Å². The van der Waals surface area contributed by atoms with Crippen LogP contribution in [0.4, 0.5) is 5.69 Å². The van der Waals surface area contributed by atoms with Gasteiger partial charge in [-0.3, -0.25) is 4.79 Å². The normalized spacial score (nSPS) is 20.6. The summed E-state index contributed by atoms with van der Waals surface area (Å²) in [6.45, 7) is 2.25. The highest BCUT2D eigenvalue weighted by atomic mass is 79.9. The number of carbonyl (C=O) groups is 1. The molecule has 0 amide bonds. The SMILES string of the molecule is O=C(O)CC1(c2ccc(N3CCCC3)c(Br)c2)CC1. The second kappa shape index (κ2) is 4.82. The molecule has 1 saturated heterocycles. The summed E-state index contributed by atoms with van der Waals surface area (Å²) in [5.74, 6) is -0.697. The van der Waals surface area contributed by atoms with Crippen LogP contribution < -0.4 is 4.90 Å². The van der Waals surface area contributed by atoms with E-state index in [0.29, 0.717) is 0 Å². The zero-order valence-electron chi connectivity index (χ0n) is 10.9. The third-order valence-corrected chi connectivity index (χ3v) is 4.99. The summed E-state index contributed by atoms with van der Waals surface area (Å²) in [6, 6.07) is 6.39. The van der Waals surface area contributed by atoms with Crippen molar-refractivity contribution in [2.24, 2.45) is 0 Å². The Labute approximate surface area is 121 Å². The van der Waals surface area contributed by atoms with Gasteiger partial charge in [-0.15, -0.1) is 0 Å². The van der Waals surface area contributed by atoms with Crippen LogP contribution in [0, 0.1) is 0 Å². The van der Waals surface area contributed by atoms with Crippen molar-refractivity contribution in [2.75, 3.05) is 18.0 Å². The molecule has 1 N–H and O–H groups in total. The molecule has 0 bridgehead atoms. The number of anilines is 1. The molecule has 1 heterocycles. The van der Waals surface area contributed by atoms with Crippen molar-refractivity contribution in [1.82, 2.24) is 0 Å². The molecule has 19 heavy (non-hydrogen) atoms. The molecule has 0 atom stereocenters. The number of carboxylic acid groups (broad SMARTS) is 1. The Bertz CT molecular complexity index is 505. The minimum Gasteiger partial charge on any atom is -0.481 e. The van der Waals surface area contributed by atoms with E-state index >= 15 is 0 Å². The minimum atomic E-state index is -0.697.